The average Bonchev–Trinajstić information content (AvgIpc) is 2.89. The SMILES string of the molecule is CCCC(CCO)CNCc1ccn(C(CC)CC)n1. The Morgan fingerprint density at radius 1 is 1.25 bits per heavy atom. The quantitative estimate of drug-likeness (QED) is 0.655. The molecule has 116 valence electrons. The van der Waals surface area contributed by atoms with Crippen molar-refractivity contribution in [3.05, 3.63) is 18.0 Å². The van der Waals surface area contributed by atoms with Crippen LogP contribution in [0.1, 0.15) is 64.6 Å². The van der Waals surface area contributed by atoms with Gasteiger partial charge in [-0.3, -0.25) is 4.68 Å². The highest BCUT2D eigenvalue weighted by Gasteiger charge is 2.09. The first-order valence-electron chi connectivity index (χ1n) is 8.10. The second-order valence-electron chi connectivity index (χ2n) is 5.56. The fourth-order valence-electron chi connectivity index (χ4n) is 2.68. The number of nitrogens with one attached hydrogen (secondary N) is 1. The highest BCUT2D eigenvalue weighted by Crippen LogP contribution is 2.14. The van der Waals surface area contributed by atoms with Crippen molar-refractivity contribution in [3.8, 4) is 0 Å². The Labute approximate surface area is 123 Å². The molecule has 0 aliphatic rings. The summed E-state index contributed by atoms with van der Waals surface area (Å²) < 4.78 is 2.09. The van der Waals surface area contributed by atoms with Crippen molar-refractivity contribution < 1.29 is 5.11 Å². The topological polar surface area (TPSA) is 50.1 Å². The second-order valence-corrected chi connectivity index (χ2v) is 5.56. The molecule has 0 fully saturated rings. The first-order valence-corrected chi connectivity index (χ1v) is 8.10. The largest absolute Gasteiger partial charge is 0.396 e. The maximum atomic E-state index is 9.05. The van der Waals surface area contributed by atoms with Gasteiger partial charge in [-0.25, -0.2) is 0 Å². The van der Waals surface area contributed by atoms with Crippen molar-refractivity contribution in [1.29, 1.82) is 0 Å². The second kappa shape index (κ2) is 9.94. The van der Waals surface area contributed by atoms with Gasteiger partial charge in [0.2, 0.25) is 0 Å². The van der Waals surface area contributed by atoms with Crippen LogP contribution in [0, 0.1) is 5.92 Å². The zero-order chi connectivity index (χ0) is 14.8. The Kier molecular flexibility index (Phi) is 8.54. The van der Waals surface area contributed by atoms with E-state index in [0.29, 0.717) is 12.0 Å². The maximum absolute atomic E-state index is 9.05. The van der Waals surface area contributed by atoms with Crippen LogP contribution in [0.15, 0.2) is 12.3 Å². The van der Waals surface area contributed by atoms with Gasteiger partial charge in [0.05, 0.1) is 11.7 Å². The van der Waals surface area contributed by atoms with E-state index in [0.717, 1.165) is 38.0 Å². The molecule has 1 heterocycles. The van der Waals surface area contributed by atoms with Crippen molar-refractivity contribution in [3.63, 3.8) is 0 Å². The first kappa shape index (κ1) is 17.2. The van der Waals surface area contributed by atoms with Crippen LogP contribution in [-0.2, 0) is 6.54 Å². The minimum Gasteiger partial charge on any atom is -0.396 e. The Balaban J connectivity index is 2.37. The molecular weight excluding hydrogens is 250 g/mol. The normalized spacial score (nSPS) is 13.1. The lowest BCUT2D eigenvalue weighted by Gasteiger charge is -2.15. The molecule has 1 rings (SSSR count). The van der Waals surface area contributed by atoms with E-state index < -0.39 is 0 Å². The first-order chi connectivity index (χ1) is 9.74. The molecule has 0 radical (unpaired) electrons. The van der Waals surface area contributed by atoms with Crippen molar-refractivity contribution in [2.24, 2.45) is 5.92 Å². The van der Waals surface area contributed by atoms with Gasteiger partial charge in [-0.1, -0.05) is 27.2 Å². The summed E-state index contributed by atoms with van der Waals surface area (Å²) in [5.74, 6) is 0.575. The number of aromatic nitrogens is 2. The standard InChI is InChI=1S/C16H31N3O/c1-4-7-14(9-11-20)12-17-13-15-8-10-19(18-15)16(5-2)6-3/h8,10,14,16-17,20H,4-7,9,11-13H2,1-3H3. The van der Waals surface area contributed by atoms with Crippen molar-refractivity contribution >= 4 is 0 Å². The molecule has 4 heteroatoms. The summed E-state index contributed by atoms with van der Waals surface area (Å²) in [6, 6.07) is 2.62. The Hall–Kier alpha value is -0.870. The lowest BCUT2D eigenvalue weighted by molar-refractivity contribution is 0.248. The average molecular weight is 281 g/mol. The summed E-state index contributed by atoms with van der Waals surface area (Å²) in [5.41, 5.74) is 1.11. The van der Waals surface area contributed by atoms with E-state index in [4.69, 9.17) is 5.11 Å². The minimum absolute atomic E-state index is 0.287. The lowest BCUT2D eigenvalue weighted by Crippen LogP contribution is -2.23. The predicted molar refractivity (Wildman–Crippen MR) is 83.7 cm³/mol. The van der Waals surface area contributed by atoms with Gasteiger partial charge in [-0.2, -0.15) is 5.10 Å². The van der Waals surface area contributed by atoms with E-state index in [9.17, 15) is 0 Å². The van der Waals surface area contributed by atoms with Gasteiger partial charge >= 0.3 is 0 Å². The van der Waals surface area contributed by atoms with Gasteiger partial charge in [0.15, 0.2) is 0 Å². The maximum Gasteiger partial charge on any atom is 0.0762 e. The summed E-state index contributed by atoms with van der Waals surface area (Å²) in [6.07, 6.45) is 7.58. The summed E-state index contributed by atoms with van der Waals surface area (Å²) in [6.45, 7) is 8.68. The van der Waals surface area contributed by atoms with Gasteiger partial charge in [0, 0.05) is 19.3 Å². The van der Waals surface area contributed by atoms with E-state index >= 15 is 0 Å². The van der Waals surface area contributed by atoms with Crippen LogP contribution < -0.4 is 5.32 Å². The Morgan fingerprint density at radius 3 is 2.60 bits per heavy atom. The molecule has 0 aromatic carbocycles. The van der Waals surface area contributed by atoms with Crippen molar-refractivity contribution in [1.82, 2.24) is 15.1 Å². The van der Waals surface area contributed by atoms with Crippen molar-refractivity contribution in [2.75, 3.05) is 13.2 Å². The summed E-state index contributed by atoms with van der Waals surface area (Å²) >= 11 is 0. The molecule has 0 aliphatic carbocycles. The third kappa shape index (κ3) is 5.63. The van der Waals surface area contributed by atoms with Gasteiger partial charge in [-0.15, -0.1) is 0 Å². The van der Waals surface area contributed by atoms with Crippen LogP contribution in [0.3, 0.4) is 0 Å². The molecule has 1 atom stereocenters. The van der Waals surface area contributed by atoms with Crippen LogP contribution in [0.4, 0.5) is 0 Å². The molecule has 1 aromatic heterocycles. The number of aliphatic hydroxyl groups is 1. The van der Waals surface area contributed by atoms with E-state index in [1.807, 2.05) is 0 Å². The van der Waals surface area contributed by atoms with E-state index in [1.165, 1.54) is 12.8 Å². The molecule has 4 nitrogen and oxygen atoms in total. The van der Waals surface area contributed by atoms with Gasteiger partial charge in [0.1, 0.15) is 0 Å². The van der Waals surface area contributed by atoms with Crippen LogP contribution in [0.25, 0.3) is 0 Å². The van der Waals surface area contributed by atoms with Gasteiger partial charge in [0.25, 0.3) is 0 Å². The molecule has 0 aliphatic heterocycles. The van der Waals surface area contributed by atoms with E-state index in [1.54, 1.807) is 0 Å². The summed E-state index contributed by atoms with van der Waals surface area (Å²) in [4.78, 5) is 0. The lowest BCUT2D eigenvalue weighted by atomic mass is 10.0. The predicted octanol–water partition coefficient (Wildman–Crippen LogP) is 3.13. The molecule has 1 aromatic rings. The Morgan fingerprint density at radius 2 is 2.00 bits per heavy atom. The van der Waals surface area contributed by atoms with Gasteiger partial charge < -0.3 is 10.4 Å². The van der Waals surface area contributed by atoms with Gasteiger partial charge in [-0.05, 0) is 44.2 Å². The smallest absolute Gasteiger partial charge is 0.0762 e. The minimum atomic E-state index is 0.287. The molecule has 2 N–H and O–H groups in total. The molecule has 0 saturated heterocycles. The summed E-state index contributed by atoms with van der Waals surface area (Å²) in [5, 5.41) is 17.2. The molecule has 20 heavy (non-hydrogen) atoms. The van der Waals surface area contributed by atoms with Crippen LogP contribution in [0.5, 0.6) is 0 Å². The molecule has 1 unspecified atom stereocenters. The number of hydrogen-bond acceptors (Lipinski definition) is 3. The van der Waals surface area contributed by atoms with Crippen LogP contribution in [-0.4, -0.2) is 28.0 Å². The monoisotopic (exact) mass is 281 g/mol. The fourth-order valence-corrected chi connectivity index (χ4v) is 2.68. The number of aliphatic hydroxyl groups excluding tert-OH is 1. The number of hydrogen-bond donors (Lipinski definition) is 2. The third-order valence-electron chi connectivity index (χ3n) is 3.95. The molecule has 0 bridgehead atoms. The highest BCUT2D eigenvalue weighted by atomic mass is 16.3. The number of rotatable bonds is 11. The fraction of sp³-hybridized carbons (Fsp3) is 0.812. The zero-order valence-corrected chi connectivity index (χ0v) is 13.3. The summed E-state index contributed by atoms with van der Waals surface area (Å²) in [7, 11) is 0. The van der Waals surface area contributed by atoms with E-state index in [-0.39, 0.29) is 6.61 Å². The van der Waals surface area contributed by atoms with Crippen molar-refractivity contribution in [2.45, 2.75) is 65.5 Å². The third-order valence-corrected chi connectivity index (χ3v) is 3.95. The number of nitrogens with zero attached hydrogens (tertiary/aromatic N) is 2. The van der Waals surface area contributed by atoms with Crippen LogP contribution >= 0.6 is 0 Å². The Bertz CT molecular complexity index is 341. The molecular formula is C16H31N3O. The van der Waals surface area contributed by atoms with Crippen LogP contribution in [0.2, 0.25) is 0 Å². The zero-order valence-electron chi connectivity index (χ0n) is 13.3. The molecule has 0 saturated carbocycles. The highest BCUT2D eigenvalue weighted by molar-refractivity contribution is 4.99. The van der Waals surface area contributed by atoms with E-state index in [2.05, 4.69) is 48.1 Å². The molecule has 0 amide bonds. The molecule has 0 spiro atoms.